The average molecular weight is 251 g/mol. The Morgan fingerprint density at radius 3 is 2.65 bits per heavy atom. The molecule has 0 saturated carbocycles. The van der Waals surface area contributed by atoms with Gasteiger partial charge in [0.1, 0.15) is 0 Å². The Labute approximate surface area is 110 Å². The van der Waals surface area contributed by atoms with Crippen molar-refractivity contribution in [2.45, 2.75) is 38.6 Å². The van der Waals surface area contributed by atoms with E-state index >= 15 is 0 Å². The summed E-state index contributed by atoms with van der Waals surface area (Å²) in [4.78, 5) is 0. The Morgan fingerprint density at radius 1 is 1.24 bits per heavy atom. The molecule has 0 aliphatic heterocycles. The number of hydrogen-bond acceptors (Lipinski definition) is 2. The van der Waals surface area contributed by atoms with E-state index in [1.54, 1.807) is 0 Å². The van der Waals surface area contributed by atoms with Gasteiger partial charge in [0.15, 0.2) is 0 Å². The fourth-order valence-corrected chi connectivity index (χ4v) is 2.95. The molecule has 0 aliphatic carbocycles. The molecular formula is C15H25NS. The lowest BCUT2D eigenvalue weighted by Gasteiger charge is -2.15. The summed E-state index contributed by atoms with van der Waals surface area (Å²) in [6.45, 7) is 2.25. The highest BCUT2D eigenvalue weighted by atomic mass is 32.2. The van der Waals surface area contributed by atoms with Crippen molar-refractivity contribution in [2.75, 3.05) is 18.6 Å². The third-order valence-corrected chi connectivity index (χ3v) is 4.27. The van der Waals surface area contributed by atoms with Gasteiger partial charge < -0.3 is 5.32 Å². The molecule has 1 nitrogen and oxygen atoms in total. The largest absolute Gasteiger partial charge is 0.316 e. The number of benzene rings is 1. The van der Waals surface area contributed by atoms with E-state index in [1.165, 1.54) is 42.8 Å². The van der Waals surface area contributed by atoms with Gasteiger partial charge in [-0.2, -0.15) is 11.8 Å². The molecule has 0 aromatic heterocycles. The van der Waals surface area contributed by atoms with Crippen molar-refractivity contribution in [2.24, 2.45) is 0 Å². The maximum Gasteiger partial charge on any atom is 0.0155 e. The number of hydrogen-bond donors (Lipinski definition) is 1. The van der Waals surface area contributed by atoms with E-state index in [4.69, 9.17) is 0 Å². The first kappa shape index (κ1) is 14.6. The molecule has 0 amide bonds. The van der Waals surface area contributed by atoms with Gasteiger partial charge in [0.05, 0.1) is 0 Å². The maximum absolute atomic E-state index is 3.43. The minimum Gasteiger partial charge on any atom is -0.316 e. The smallest absolute Gasteiger partial charge is 0.0155 e. The van der Waals surface area contributed by atoms with Crippen molar-refractivity contribution >= 4 is 11.8 Å². The molecule has 17 heavy (non-hydrogen) atoms. The second-order valence-corrected chi connectivity index (χ2v) is 5.59. The Bertz CT molecular complexity index is 274. The summed E-state index contributed by atoms with van der Waals surface area (Å²) in [7, 11) is 2.08. The topological polar surface area (TPSA) is 12.0 Å². The van der Waals surface area contributed by atoms with Crippen LogP contribution in [-0.2, 0) is 6.42 Å². The first-order chi connectivity index (χ1) is 8.36. The van der Waals surface area contributed by atoms with Crippen LogP contribution in [0.3, 0.4) is 0 Å². The lowest BCUT2D eigenvalue weighted by atomic mass is 10.1. The van der Waals surface area contributed by atoms with Crippen molar-refractivity contribution in [3.63, 3.8) is 0 Å². The molecule has 0 radical (unpaired) electrons. The zero-order chi connectivity index (χ0) is 12.3. The molecule has 0 saturated heterocycles. The summed E-state index contributed by atoms with van der Waals surface area (Å²) in [5.74, 6) is 2.54. The second kappa shape index (κ2) is 9.55. The Kier molecular flexibility index (Phi) is 8.20. The van der Waals surface area contributed by atoms with Crippen LogP contribution in [0.2, 0.25) is 0 Å². The van der Waals surface area contributed by atoms with Crippen molar-refractivity contribution in [1.29, 1.82) is 0 Å². The molecule has 0 bridgehead atoms. The zero-order valence-electron chi connectivity index (χ0n) is 11.1. The van der Waals surface area contributed by atoms with Gasteiger partial charge in [-0.1, -0.05) is 37.3 Å². The molecule has 1 aromatic rings. The molecule has 1 atom stereocenters. The van der Waals surface area contributed by atoms with Crippen LogP contribution in [0.25, 0.3) is 0 Å². The van der Waals surface area contributed by atoms with Gasteiger partial charge in [-0.3, -0.25) is 0 Å². The monoisotopic (exact) mass is 251 g/mol. The SMILES string of the molecule is CCCSCC(CCCc1ccccc1)NC. The van der Waals surface area contributed by atoms with Gasteiger partial charge in [0.2, 0.25) is 0 Å². The third-order valence-electron chi connectivity index (χ3n) is 2.94. The summed E-state index contributed by atoms with van der Waals surface area (Å²) in [5, 5.41) is 3.43. The highest BCUT2D eigenvalue weighted by molar-refractivity contribution is 7.99. The van der Waals surface area contributed by atoms with E-state index in [1.807, 2.05) is 0 Å². The van der Waals surface area contributed by atoms with E-state index in [2.05, 4.69) is 61.4 Å². The molecule has 0 spiro atoms. The predicted octanol–water partition coefficient (Wildman–Crippen LogP) is 3.74. The van der Waals surface area contributed by atoms with Gasteiger partial charge in [0, 0.05) is 11.8 Å². The van der Waals surface area contributed by atoms with E-state index in [0.29, 0.717) is 6.04 Å². The normalized spacial score (nSPS) is 12.6. The highest BCUT2D eigenvalue weighted by Gasteiger charge is 2.05. The van der Waals surface area contributed by atoms with Crippen LogP contribution in [0, 0.1) is 0 Å². The Morgan fingerprint density at radius 2 is 2.00 bits per heavy atom. The van der Waals surface area contributed by atoms with Crippen molar-refractivity contribution in [3.05, 3.63) is 35.9 Å². The van der Waals surface area contributed by atoms with Gasteiger partial charge in [-0.05, 0) is 44.0 Å². The van der Waals surface area contributed by atoms with Crippen LogP contribution >= 0.6 is 11.8 Å². The summed E-state index contributed by atoms with van der Waals surface area (Å²) < 4.78 is 0. The fraction of sp³-hybridized carbons (Fsp3) is 0.600. The number of rotatable bonds is 9. The van der Waals surface area contributed by atoms with E-state index in [-0.39, 0.29) is 0 Å². The standard InChI is InChI=1S/C15H25NS/c1-3-12-17-13-15(16-2)11-7-10-14-8-5-4-6-9-14/h4-6,8-9,15-16H,3,7,10-13H2,1-2H3. The van der Waals surface area contributed by atoms with E-state index < -0.39 is 0 Å². The second-order valence-electron chi connectivity index (χ2n) is 4.44. The van der Waals surface area contributed by atoms with Crippen LogP contribution in [0.15, 0.2) is 30.3 Å². The van der Waals surface area contributed by atoms with E-state index in [9.17, 15) is 0 Å². The molecule has 96 valence electrons. The van der Waals surface area contributed by atoms with Gasteiger partial charge >= 0.3 is 0 Å². The molecular weight excluding hydrogens is 226 g/mol. The van der Waals surface area contributed by atoms with Gasteiger partial charge in [0.25, 0.3) is 0 Å². The van der Waals surface area contributed by atoms with Crippen LogP contribution < -0.4 is 5.32 Å². The van der Waals surface area contributed by atoms with Gasteiger partial charge in [-0.25, -0.2) is 0 Å². The van der Waals surface area contributed by atoms with Crippen LogP contribution in [0.5, 0.6) is 0 Å². The van der Waals surface area contributed by atoms with Gasteiger partial charge in [-0.15, -0.1) is 0 Å². The minimum absolute atomic E-state index is 0.676. The molecule has 0 heterocycles. The number of aryl methyl sites for hydroxylation is 1. The molecule has 1 aromatic carbocycles. The van der Waals surface area contributed by atoms with Crippen molar-refractivity contribution in [3.8, 4) is 0 Å². The lowest BCUT2D eigenvalue weighted by Crippen LogP contribution is -2.27. The molecule has 0 fully saturated rings. The molecule has 1 N–H and O–H groups in total. The fourth-order valence-electron chi connectivity index (χ4n) is 1.88. The van der Waals surface area contributed by atoms with Crippen molar-refractivity contribution in [1.82, 2.24) is 5.32 Å². The first-order valence-electron chi connectivity index (χ1n) is 6.65. The Balaban J connectivity index is 2.15. The van der Waals surface area contributed by atoms with Crippen LogP contribution in [0.4, 0.5) is 0 Å². The first-order valence-corrected chi connectivity index (χ1v) is 7.81. The lowest BCUT2D eigenvalue weighted by molar-refractivity contribution is 0.549. The summed E-state index contributed by atoms with van der Waals surface area (Å²) in [6, 6.07) is 11.5. The van der Waals surface area contributed by atoms with Crippen molar-refractivity contribution < 1.29 is 0 Å². The number of thioether (sulfide) groups is 1. The summed E-state index contributed by atoms with van der Waals surface area (Å²) >= 11 is 2.07. The highest BCUT2D eigenvalue weighted by Crippen LogP contribution is 2.11. The number of nitrogens with one attached hydrogen (secondary N) is 1. The summed E-state index contributed by atoms with van der Waals surface area (Å²) in [6.07, 6.45) is 5.05. The van der Waals surface area contributed by atoms with Crippen LogP contribution in [-0.4, -0.2) is 24.6 Å². The molecule has 1 unspecified atom stereocenters. The quantitative estimate of drug-likeness (QED) is 0.671. The third kappa shape index (κ3) is 6.75. The van der Waals surface area contributed by atoms with Crippen LogP contribution in [0.1, 0.15) is 31.7 Å². The zero-order valence-corrected chi connectivity index (χ0v) is 11.9. The molecule has 0 aliphatic rings. The summed E-state index contributed by atoms with van der Waals surface area (Å²) in [5.41, 5.74) is 1.46. The predicted molar refractivity (Wildman–Crippen MR) is 79.8 cm³/mol. The minimum atomic E-state index is 0.676. The molecule has 1 rings (SSSR count). The van der Waals surface area contributed by atoms with E-state index in [0.717, 1.165) is 0 Å². The maximum atomic E-state index is 3.43. The average Bonchev–Trinajstić information content (AvgIpc) is 2.38. The molecule has 2 heteroatoms. The Hall–Kier alpha value is -0.470.